The van der Waals surface area contributed by atoms with Gasteiger partial charge in [0.05, 0.1) is 6.10 Å². The van der Waals surface area contributed by atoms with Crippen LogP contribution in [0.15, 0.2) is 30.3 Å². The Hall–Kier alpha value is -0.860. The molecule has 0 aromatic heterocycles. The Bertz CT molecular complexity index is 376. The van der Waals surface area contributed by atoms with Crippen molar-refractivity contribution in [2.24, 2.45) is 5.41 Å². The zero-order valence-corrected chi connectivity index (χ0v) is 12.6. The molecule has 0 aliphatic heterocycles. The SMILES string of the molecule is COC1CC(NC(CC(C)(C)C)c2ccccc2)C1. The first kappa shape index (κ1) is 14.5. The number of nitrogens with one attached hydrogen (secondary N) is 1. The highest BCUT2D eigenvalue weighted by Crippen LogP contribution is 2.32. The van der Waals surface area contributed by atoms with Crippen molar-refractivity contribution in [3.63, 3.8) is 0 Å². The van der Waals surface area contributed by atoms with Crippen LogP contribution in [-0.4, -0.2) is 19.3 Å². The fraction of sp³-hybridized carbons (Fsp3) is 0.647. The lowest BCUT2D eigenvalue weighted by molar-refractivity contribution is 0.0126. The maximum Gasteiger partial charge on any atom is 0.0601 e. The van der Waals surface area contributed by atoms with Crippen LogP contribution >= 0.6 is 0 Å². The average molecular weight is 261 g/mol. The van der Waals surface area contributed by atoms with Gasteiger partial charge in [-0.1, -0.05) is 51.1 Å². The van der Waals surface area contributed by atoms with Gasteiger partial charge in [-0.25, -0.2) is 0 Å². The molecule has 1 aliphatic carbocycles. The highest BCUT2D eigenvalue weighted by Gasteiger charge is 2.32. The maximum absolute atomic E-state index is 5.36. The lowest BCUT2D eigenvalue weighted by Gasteiger charge is -2.39. The number of ether oxygens (including phenoxy) is 1. The van der Waals surface area contributed by atoms with Crippen LogP contribution in [0.1, 0.15) is 51.6 Å². The second-order valence-electron chi connectivity index (χ2n) is 6.92. The van der Waals surface area contributed by atoms with Crippen LogP contribution in [0.25, 0.3) is 0 Å². The van der Waals surface area contributed by atoms with Gasteiger partial charge in [0.1, 0.15) is 0 Å². The summed E-state index contributed by atoms with van der Waals surface area (Å²) in [5.41, 5.74) is 1.73. The van der Waals surface area contributed by atoms with Crippen molar-refractivity contribution >= 4 is 0 Å². The molecule has 1 aromatic rings. The number of rotatable bonds is 5. The molecule has 2 heteroatoms. The monoisotopic (exact) mass is 261 g/mol. The van der Waals surface area contributed by atoms with Crippen molar-refractivity contribution in [3.05, 3.63) is 35.9 Å². The lowest BCUT2D eigenvalue weighted by atomic mass is 9.83. The van der Waals surface area contributed by atoms with E-state index in [0.717, 1.165) is 19.3 Å². The van der Waals surface area contributed by atoms with Crippen LogP contribution in [0, 0.1) is 5.41 Å². The number of hydrogen-bond acceptors (Lipinski definition) is 2. The molecule has 1 saturated carbocycles. The summed E-state index contributed by atoms with van der Waals surface area (Å²) >= 11 is 0. The molecule has 0 saturated heterocycles. The van der Waals surface area contributed by atoms with Crippen LogP contribution in [0.4, 0.5) is 0 Å². The maximum atomic E-state index is 5.36. The third-order valence-electron chi connectivity index (χ3n) is 3.88. The van der Waals surface area contributed by atoms with Crippen molar-refractivity contribution in [1.29, 1.82) is 0 Å². The van der Waals surface area contributed by atoms with E-state index < -0.39 is 0 Å². The van der Waals surface area contributed by atoms with Gasteiger partial charge in [0.25, 0.3) is 0 Å². The van der Waals surface area contributed by atoms with Gasteiger partial charge in [0.2, 0.25) is 0 Å². The molecule has 0 radical (unpaired) electrons. The van der Waals surface area contributed by atoms with Crippen LogP contribution in [0.2, 0.25) is 0 Å². The van der Waals surface area contributed by atoms with Crippen molar-refractivity contribution < 1.29 is 4.74 Å². The number of methoxy groups -OCH3 is 1. The summed E-state index contributed by atoms with van der Waals surface area (Å²) in [6.45, 7) is 6.93. The molecule has 0 bridgehead atoms. The Morgan fingerprint density at radius 3 is 2.37 bits per heavy atom. The minimum Gasteiger partial charge on any atom is -0.381 e. The minimum atomic E-state index is 0.331. The Morgan fingerprint density at radius 1 is 1.21 bits per heavy atom. The van der Waals surface area contributed by atoms with Gasteiger partial charge < -0.3 is 10.1 Å². The quantitative estimate of drug-likeness (QED) is 0.867. The Morgan fingerprint density at radius 2 is 1.84 bits per heavy atom. The molecule has 19 heavy (non-hydrogen) atoms. The van der Waals surface area contributed by atoms with E-state index in [1.807, 2.05) is 7.11 Å². The van der Waals surface area contributed by atoms with E-state index in [9.17, 15) is 0 Å². The first-order valence-corrected chi connectivity index (χ1v) is 7.32. The molecule has 1 aliphatic rings. The van der Waals surface area contributed by atoms with Crippen LogP contribution < -0.4 is 5.32 Å². The molecule has 2 nitrogen and oxygen atoms in total. The topological polar surface area (TPSA) is 21.3 Å². The van der Waals surface area contributed by atoms with Crippen LogP contribution in [0.3, 0.4) is 0 Å². The Kier molecular flexibility index (Phi) is 4.64. The Labute approximate surface area is 117 Å². The molecule has 1 unspecified atom stereocenters. The number of benzene rings is 1. The average Bonchev–Trinajstić information content (AvgIpc) is 2.31. The largest absolute Gasteiger partial charge is 0.381 e. The summed E-state index contributed by atoms with van der Waals surface area (Å²) in [5.74, 6) is 0. The molecule has 1 N–H and O–H groups in total. The van der Waals surface area contributed by atoms with Crippen molar-refractivity contribution in [2.75, 3.05) is 7.11 Å². The third kappa shape index (κ3) is 4.32. The van der Waals surface area contributed by atoms with E-state index in [2.05, 4.69) is 56.4 Å². The lowest BCUT2D eigenvalue weighted by Crippen LogP contribution is -2.47. The van der Waals surface area contributed by atoms with E-state index in [-0.39, 0.29) is 0 Å². The fourth-order valence-corrected chi connectivity index (χ4v) is 2.75. The zero-order valence-electron chi connectivity index (χ0n) is 12.6. The summed E-state index contributed by atoms with van der Waals surface area (Å²) in [6, 6.07) is 11.9. The summed E-state index contributed by atoms with van der Waals surface area (Å²) < 4.78 is 5.36. The van der Waals surface area contributed by atoms with E-state index in [1.165, 1.54) is 5.56 Å². The van der Waals surface area contributed by atoms with Crippen molar-refractivity contribution in [3.8, 4) is 0 Å². The molecule has 0 heterocycles. The highest BCUT2D eigenvalue weighted by atomic mass is 16.5. The molecule has 2 rings (SSSR count). The fourth-order valence-electron chi connectivity index (χ4n) is 2.75. The molecular weight excluding hydrogens is 234 g/mol. The minimum absolute atomic E-state index is 0.331. The first-order chi connectivity index (χ1) is 8.98. The summed E-state index contributed by atoms with van der Waals surface area (Å²) in [5, 5.41) is 3.81. The van der Waals surface area contributed by atoms with E-state index >= 15 is 0 Å². The summed E-state index contributed by atoms with van der Waals surface area (Å²) in [7, 11) is 1.81. The highest BCUT2D eigenvalue weighted by molar-refractivity contribution is 5.19. The predicted octanol–water partition coefficient (Wildman–Crippen LogP) is 3.93. The van der Waals surface area contributed by atoms with Crippen LogP contribution in [-0.2, 0) is 4.74 Å². The molecular formula is C17H27NO. The van der Waals surface area contributed by atoms with Gasteiger partial charge in [-0.2, -0.15) is 0 Å². The van der Waals surface area contributed by atoms with E-state index in [1.54, 1.807) is 0 Å². The Balaban J connectivity index is 1.99. The molecule has 0 amide bonds. The van der Waals surface area contributed by atoms with Gasteiger partial charge in [0.15, 0.2) is 0 Å². The van der Waals surface area contributed by atoms with Crippen molar-refractivity contribution in [1.82, 2.24) is 5.32 Å². The van der Waals surface area contributed by atoms with Crippen LogP contribution in [0.5, 0.6) is 0 Å². The molecule has 1 atom stereocenters. The van der Waals surface area contributed by atoms with Gasteiger partial charge in [-0.05, 0) is 30.2 Å². The van der Waals surface area contributed by atoms with E-state index in [0.29, 0.717) is 23.6 Å². The van der Waals surface area contributed by atoms with Gasteiger partial charge >= 0.3 is 0 Å². The smallest absolute Gasteiger partial charge is 0.0601 e. The standard InChI is InChI=1S/C17H27NO/c1-17(2,3)12-16(13-8-6-5-7-9-13)18-14-10-15(11-14)19-4/h5-9,14-16,18H,10-12H2,1-4H3. The van der Waals surface area contributed by atoms with Gasteiger partial charge in [0, 0.05) is 19.2 Å². The molecule has 106 valence electrons. The second-order valence-corrected chi connectivity index (χ2v) is 6.92. The summed E-state index contributed by atoms with van der Waals surface area (Å²) in [6.07, 6.45) is 3.91. The van der Waals surface area contributed by atoms with E-state index in [4.69, 9.17) is 4.74 Å². The van der Waals surface area contributed by atoms with Crippen molar-refractivity contribution in [2.45, 2.75) is 58.2 Å². The molecule has 1 aromatic carbocycles. The van der Waals surface area contributed by atoms with Gasteiger partial charge in [-0.3, -0.25) is 0 Å². The normalized spacial score (nSPS) is 24.8. The third-order valence-corrected chi connectivity index (χ3v) is 3.88. The molecule has 0 spiro atoms. The summed E-state index contributed by atoms with van der Waals surface area (Å²) in [4.78, 5) is 0. The first-order valence-electron chi connectivity index (χ1n) is 7.32. The zero-order chi connectivity index (χ0) is 13.9. The van der Waals surface area contributed by atoms with Gasteiger partial charge in [-0.15, -0.1) is 0 Å². The molecule has 1 fully saturated rings. The number of hydrogen-bond donors (Lipinski definition) is 1. The second kappa shape index (κ2) is 6.06. The predicted molar refractivity (Wildman–Crippen MR) is 80.2 cm³/mol.